The summed E-state index contributed by atoms with van der Waals surface area (Å²) in [6, 6.07) is 15.7. The Morgan fingerprint density at radius 3 is 2.60 bits per heavy atom. The van der Waals surface area contributed by atoms with Crippen molar-refractivity contribution in [2.24, 2.45) is 0 Å². The van der Waals surface area contributed by atoms with Crippen LogP contribution in [0.15, 0.2) is 58.8 Å². The summed E-state index contributed by atoms with van der Waals surface area (Å²) in [4.78, 5) is 14.7. The molecule has 0 bridgehead atoms. The van der Waals surface area contributed by atoms with Gasteiger partial charge in [0.15, 0.2) is 0 Å². The molecule has 0 spiro atoms. The van der Waals surface area contributed by atoms with E-state index in [1.54, 1.807) is 42.3 Å². The number of hydrogen-bond donors (Lipinski definition) is 1. The Balaban J connectivity index is 1.52. The first kappa shape index (κ1) is 20.9. The van der Waals surface area contributed by atoms with Gasteiger partial charge in [-0.2, -0.15) is 0 Å². The van der Waals surface area contributed by atoms with Gasteiger partial charge >= 0.3 is 0 Å². The van der Waals surface area contributed by atoms with E-state index < -0.39 is 10.0 Å². The fourth-order valence-electron chi connectivity index (χ4n) is 3.33. The number of nitrogens with one attached hydrogen (secondary N) is 1. The highest BCUT2D eigenvalue weighted by molar-refractivity contribution is 7.91. The summed E-state index contributed by atoms with van der Waals surface area (Å²) in [6.45, 7) is 0.707. The van der Waals surface area contributed by atoms with Crippen LogP contribution < -0.4 is 14.4 Å². The maximum Gasteiger partial charge on any atom is 0.258 e. The molecule has 0 saturated heterocycles. The Kier molecular flexibility index (Phi) is 5.84. The number of thiophene rings is 1. The number of fused-ring (bicyclic) bond motifs is 1. The summed E-state index contributed by atoms with van der Waals surface area (Å²) in [5, 5.41) is 0. The molecule has 2 aromatic carbocycles. The lowest BCUT2D eigenvalue weighted by Crippen LogP contribution is -2.29. The minimum absolute atomic E-state index is 0.0950. The van der Waals surface area contributed by atoms with E-state index in [9.17, 15) is 13.2 Å². The quantitative estimate of drug-likeness (QED) is 0.598. The molecule has 0 unspecified atom stereocenters. The second-order valence-electron chi connectivity index (χ2n) is 6.78. The molecule has 1 aromatic heterocycles. The van der Waals surface area contributed by atoms with Crippen LogP contribution in [0.4, 0.5) is 5.69 Å². The number of carbonyl (C=O) groups excluding carboxylic acids is 1. The summed E-state index contributed by atoms with van der Waals surface area (Å²) >= 11 is 6.85. The molecule has 156 valence electrons. The minimum Gasteiger partial charge on any atom is -0.497 e. The van der Waals surface area contributed by atoms with Crippen LogP contribution in [0, 0.1) is 0 Å². The first-order chi connectivity index (χ1) is 14.4. The van der Waals surface area contributed by atoms with E-state index in [1.807, 2.05) is 18.2 Å². The van der Waals surface area contributed by atoms with Gasteiger partial charge in [-0.3, -0.25) is 4.79 Å². The third-order valence-electron chi connectivity index (χ3n) is 4.91. The second kappa shape index (κ2) is 8.39. The van der Waals surface area contributed by atoms with Gasteiger partial charge in [0, 0.05) is 24.3 Å². The van der Waals surface area contributed by atoms with E-state index in [0.717, 1.165) is 34.6 Å². The van der Waals surface area contributed by atoms with Crippen LogP contribution in [0.3, 0.4) is 0 Å². The summed E-state index contributed by atoms with van der Waals surface area (Å²) < 4.78 is 33.2. The SMILES string of the molecule is COc1ccc(C(=O)N2CCc3ccc(CNS(=O)(=O)c4ccc(Cl)s4)cc32)cc1. The fraction of sp³-hybridized carbons (Fsp3) is 0.190. The summed E-state index contributed by atoms with van der Waals surface area (Å²) in [6.07, 6.45) is 0.761. The standard InChI is InChI=1S/C21H19ClN2O4S2/c1-28-17-6-4-16(5-7-17)21(25)24-11-10-15-3-2-14(12-18(15)24)13-23-30(26,27)20-9-8-19(22)29-20/h2-9,12,23H,10-11,13H2,1H3. The predicted molar refractivity (Wildman–Crippen MR) is 118 cm³/mol. The van der Waals surface area contributed by atoms with E-state index in [0.29, 0.717) is 22.2 Å². The zero-order chi connectivity index (χ0) is 21.3. The number of ether oxygens (including phenoxy) is 1. The number of sulfonamides is 1. The maximum atomic E-state index is 13.0. The second-order valence-corrected chi connectivity index (χ2v) is 10.5. The van der Waals surface area contributed by atoms with Gasteiger partial charge in [-0.1, -0.05) is 23.7 Å². The Bertz CT molecular complexity index is 1190. The number of nitrogens with zero attached hydrogens (tertiary/aromatic N) is 1. The van der Waals surface area contributed by atoms with Crippen LogP contribution >= 0.6 is 22.9 Å². The van der Waals surface area contributed by atoms with E-state index in [2.05, 4.69) is 4.72 Å². The number of benzene rings is 2. The Labute approximate surface area is 184 Å². The molecule has 1 aliphatic heterocycles. The van der Waals surface area contributed by atoms with Gasteiger partial charge in [0.05, 0.1) is 11.4 Å². The molecule has 1 aliphatic rings. The summed E-state index contributed by atoms with van der Waals surface area (Å²) in [7, 11) is -2.06. The van der Waals surface area contributed by atoms with Crippen molar-refractivity contribution in [3.63, 3.8) is 0 Å². The van der Waals surface area contributed by atoms with E-state index >= 15 is 0 Å². The summed E-state index contributed by atoms with van der Waals surface area (Å²) in [5.41, 5.74) is 3.22. The Morgan fingerprint density at radius 1 is 1.17 bits per heavy atom. The predicted octanol–water partition coefficient (Wildman–Crippen LogP) is 4.09. The molecule has 1 N–H and O–H groups in total. The topological polar surface area (TPSA) is 75.7 Å². The van der Waals surface area contributed by atoms with Gasteiger partial charge in [-0.15, -0.1) is 11.3 Å². The lowest BCUT2D eigenvalue weighted by atomic mass is 10.1. The largest absolute Gasteiger partial charge is 0.497 e. The molecule has 0 aliphatic carbocycles. The van der Waals surface area contributed by atoms with Crippen molar-refractivity contribution in [1.82, 2.24) is 4.72 Å². The lowest BCUT2D eigenvalue weighted by Gasteiger charge is -2.18. The molecule has 0 saturated carbocycles. The maximum absolute atomic E-state index is 13.0. The van der Waals surface area contributed by atoms with Crippen molar-refractivity contribution in [1.29, 1.82) is 0 Å². The Morgan fingerprint density at radius 2 is 1.93 bits per heavy atom. The van der Waals surface area contributed by atoms with Gasteiger partial charge in [0.2, 0.25) is 10.0 Å². The van der Waals surface area contributed by atoms with E-state index in [4.69, 9.17) is 16.3 Å². The number of amides is 1. The van der Waals surface area contributed by atoms with Gasteiger partial charge < -0.3 is 9.64 Å². The van der Waals surface area contributed by atoms with Crippen molar-refractivity contribution in [3.05, 3.63) is 75.6 Å². The van der Waals surface area contributed by atoms with Crippen LogP contribution in [0.1, 0.15) is 21.5 Å². The first-order valence-electron chi connectivity index (χ1n) is 9.20. The number of anilines is 1. The average molecular weight is 463 g/mol. The first-order valence-corrected chi connectivity index (χ1v) is 11.9. The smallest absolute Gasteiger partial charge is 0.258 e. The highest BCUT2D eigenvalue weighted by Crippen LogP contribution is 2.31. The zero-order valence-corrected chi connectivity index (χ0v) is 18.5. The van der Waals surface area contributed by atoms with Gasteiger partial charge in [-0.25, -0.2) is 13.1 Å². The van der Waals surface area contributed by atoms with Crippen LogP contribution in [0.25, 0.3) is 0 Å². The van der Waals surface area contributed by atoms with E-state index in [1.165, 1.54) is 6.07 Å². The molecular weight excluding hydrogens is 444 g/mol. The molecule has 0 atom stereocenters. The number of rotatable bonds is 6. The monoisotopic (exact) mass is 462 g/mol. The number of hydrogen-bond acceptors (Lipinski definition) is 5. The average Bonchev–Trinajstić information content (AvgIpc) is 3.38. The third-order valence-corrected chi connectivity index (χ3v) is 8.03. The highest BCUT2D eigenvalue weighted by Gasteiger charge is 2.26. The molecule has 3 aromatic rings. The van der Waals surface area contributed by atoms with Crippen LogP contribution in [0.2, 0.25) is 4.34 Å². The molecule has 6 nitrogen and oxygen atoms in total. The van der Waals surface area contributed by atoms with Crippen molar-refractivity contribution >= 4 is 44.6 Å². The molecule has 4 rings (SSSR count). The van der Waals surface area contributed by atoms with Gasteiger partial charge in [-0.05, 0) is 60.0 Å². The zero-order valence-electron chi connectivity index (χ0n) is 16.1. The molecule has 2 heterocycles. The normalized spacial score (nSPS) is 13.3. The molecular formula is C21H19ClN2O4S2. The number of carbonyl (C=O) groups is 1. The molecule has 30 heavy (non-hydrogen) atoms. The van der Waals surface area contributed by atoms with Gasteiger partial charge in [0.1, 0.15) is 9.96 Å². The Hall–Kier alpha value is -2.39. The van der Waals surface area contributed by atoms with Crippen molar-refractivity contribution < 1.29 is 17.9 Å². The van der Waals surface area contributed by atoms with Crippen LogP contribution in [0.5, 0.6) is 5.75 Å². The number of halogens is 1. The molecule has 1 amide bonds. The highest BCUT2D eigenvalue weighted by atomic mass is 35.5. The van der Waals surface area contributed by atoms with Crippen LogP contribution in [-0.2, 0) is 23.0 Å². The molecule has 0 radical (unpaired) electrons. The van der Waals surface area contributed by atoms with E-state index in [-0.39, 0.29) is 16.7 Å². The fourth-order valence-corrected chi connectivity index (χ4v) is 5.87. The van der Waals surface area contributed by atoms with Crippen molar-refractivity contribution in [2.45, 2.75) is 17.2 Å². The summed E-state index contributed by atoms with van der Waals surface area (Å²) in [5.74, 6) is 0.595. The minimum atomic E-state index is -3.64. The third kappa shape index (κ3) is 4.22. The van der Waals surface area contributed by atoms with Gasteiger partial charge in [0.25, 0.3) is 5.91 Å². The number of methoxy groups -OCH3 is 1. The molecule has 0 fully saturated rings. The van der Waals surface area contributed by atoms with Crippen LogP contribution in [-0.4, -0.2) is 28.0 Å². The molecule has 9 heteroatoms. The lowest BCUT2D eigenvalue weighted by molar-refractivity contribution is 0.0989. The van der Waals surface area contributed by atoms with Crippen molar-refractivity contribution in [2.75, 3.05) is 18.6 Å². The van der Waals surface area contributed by atoms with Crippen molar-refractivity contribution in [3.8, 4) is 5.75 Å².